The molecule has 0 spiro atoms. The molecule has 1 fully saturated rings. The van der Waals surface area contributed by atoms with Gasteiger partial charge < -0.3 is 10.6 Å². The van der Waals surface area contributed by atoms with E-state index in [-0.39, 0.29) is 0 Å². The first-order valence-electron chi connectivity index (χ1n) is 7.07. The van der Waals surface area contributed by atoms with Gasteiger partial charge in [0.25, 0.3) is 0 Å². The fraction of sp³-hybridized carbons (Fsp3) is 0.571. The first-order valence-corrected chi connectivity index (χ1v) is 7.07. The normalized spacial score (nSPS) is 18.2. The Hall–Kier alpha value is -1.46. The SMILES string of the molecule is CCN1CCC(c2nc3cc(CN)ccn3n2)CC1. The van der Waals surface area contributed by atoms with Crippen LogP contribution in [0, 0.1) is 0 Å². The van der Waals surface area contributed by atoms with Gasteiger partial charge in [-0.3, -0.25) is 0 Å². The van der Waals surface area contributed by atoms with E-state index in [2.05, 4.69) is 21.9 Å². The maximum absolute atomic E-state index is 5.66. The number of likely N-dealkylation sites (tertiary alicyclic amines) is 1. The van der Waals surface area contributed by atoms with Crippen molar-refractivity contribution in [2.45, 2.75) is 32.2 Å². The maximum Gasteiger partial charge on any atom is 0.155 e. The van der Waals surface area contributed by atoms with Gasteiger partial charge in [-0.1, -0.05) is 6.92 Å². The number of fused-ring (bicyclic) bond motifs is 1. The summed E-state index contributed by atoms with van der Waals surface area (Å²) in [7, 11) is 0. The molecule has 0 amide bonds. The quantitative estimate of drug-likeness (QED) is 0.905. The first-order chi connectivity index (χ1) is 9.30. The van der Waals surface area contributed by atoms with E-state index in [9.17, 15) is 0 Å². The van der Waals surface area contributed by atoms with Crippen molar-refractivity contribution >= 4 is 5.65 Å². The van der Waals surface area contributed by atoms with Gasteiger partial charge in [0, 0.05) is 18.7 Å². The molecule has 3 heterocycles. The highest BCUT2D eigenvalue weighted by molar-refractivity contribution is 5.40. The fourth-order valence-electron chi connectivity index (χ4n) is 2.75. The second kappa shape index (κ2) is 5.27. The zero-order chi connectivity index (χ0) is 13.2. The molecule has 0 aromatic carbocycles. The Labute approximate surface area is 113 Å². The van der Waals surface area contributed by atoms with Crippen molar-refractivity contribution < 1.29 is 0 Å². The second-order valence-electron chi connectivity index (χ2n) is 5.22. The van der Waals surface area contributed by atoms with Gasteiger partial charge in [-0.05, 0) is 50.2 Å². The third kappa shape index (κ3) is 2.48. The van der Waals surface area contributed by atoms with Gasteiger partial charge in [0.1, 0.15) is 0 Å². The summed E-state index contributed by atoms with van der Waals surface area (Å²) < 4.78 is 1.86. The molecule has 2 N–H and O–H groups in total. The van der Waals surface area contributed by atoms with Crippen molar-refractivity contribution in [2.24, 2.45) is 5.73 Å². The Morgan fingerprint density at radius 3 is 2.84 bits per heavy atom. The zero-order valence-electron chi connectivity index (χ0n) is 11.4. The third-order valence-electron chi connectivity index (χ3n) is 4.05. The van der Waals surface area contributed by atoms with Crippen LogP contribution >= 0.6 is 0 Å². The minimum atomic E-state index is 0.504. The summed E-state index contributed by atoms with van der Waals surface area (Å²) in [5.74, 6) is 1.49. The summed E-state index contributed by atoms with van der Waals surface area (Å²) in [6, 6.07) is 4.03. The van der Waals surface area contributed by atoms with Gasteiger partial charge >= 0.3 is 0 Å². The molecule has 5 nitrogen and oxygen atoms in total. The average Bonchev–Trinajstić information content (AvgIpc) is 2.90. The Kier molecular flexibility index (Phi) is 3.48. The third-order valence-corrected chi connectivity index (χ3v) is 4.05. The van der Waals surface area contributed by atoms with Gasteiger partial charge in [-0.25, -0.2) is 9.50 Å². The number of pyridine rings is 1. The summed E-state index contributed by atoms with van der Waals surface area (Å²) in [4.78, 5) is 7.16. The molecule has 102 valence electrons. The minimum Gasteiger partial charge on any atom is -0.326 e. The van der Waals surface area contributed by atoms with Gasteiger partial charge in [0.2, 0.25) is 0 Å². The summed E-state index contributed by atoms with van der Waals surface area (Å²) in [5, 5.41) is 4.61. The molecule has 1 saturated heterocycles. The molecule has 0 atom stereocenters. The van der Waals surface area contributed by atoms with Crippen LogP contribution in [-0.2, 0) is 6.54 Å². The van der Waals surface area contributed by atoms with E-state index in [4.69, 9.17) is 5.73 Å². The molecule has 0 unspecified atom stereocenters. The van der Waals surface area contributed by atoms with Crippen LogP contribution in [0.25, 0.3) is 5.65 Å². The van der Waals surface area contributed by atoms with Gasteiger partial charge in [-0.2, -0.15) is 5.10 Å². The largest absolute Gasteiger partial charge is 0.326 e. The molecule has 0 saturated carbocycles. The van der Waals surface area contributed by atoms with Crippen LogP contribution in [-0.4, -0.2) is 39.1 Å². The van der Waals surface area contributed by atoms with Crippen LogP contribution in [0.3, 0.4) is 0 Å². The van der Waals surface area contributed by atoms with E-state index in [1.54, 1.807) is 0 Å². The lowest BCUT2D eigenvalue weighted by atomic mass is 9.96. The Balaban J connectivity index is 1.81. The van der Waals surface area contributed by atoms with E-state index in [1.165, 1.54) is 0 Å². The standard InChI is InChI=1S/C14H21N5/c1-2-18-6-4-12(5-7-18)14-16-13-9-11(10-15)3-8-19(13)17-14/h3,8-9,12H,2,4-7,10,15H2,1H3. The average molecular weight is 259 g/mol. The molecule has 0 bridgehead atoms. The van der Waals surface area contributed by atoms with Crippen LogP contribution in [0.2, 0.25) is 0 Å². The zero-order valence-corrected chi connectivity index (χ0v) is 11.4. The van der Waals surface area contributed by atoms with E-state index in [0.717, 1.165) is 49.5 Å². The number of nitrogens with zero attached hydrogens (tertiary/aromatic N) is 4. The van der Waals surface area contributed by atoms with Crippen molar-refractivity contribution in [3.05, 3.63) is 29.7 Å². The molecular weight excluding hydrogens is 238 g/mol. The monoisotopic (exact) mass is 259 g/mol. The highest BCUT2D eigenvalue weighted by Gasteiger charge is 2.23. The number of hydrogen-bond acceptors (Lipinski definition) is 4. The van der Waals surface area contributed by atoms with Crippen molar-refractivity contribution in [3.8, 4) is 0 Å². The Bertz CT molecular complexity index is 554. The number of piperidine rings is 1. The van der Waals surface area contributed by atoms with Crippen LogP contribution in [0.4, 0.5) is 0 Å². The van der Waals surface area contributed by atoms with E-state index in [1.807, 2.05) is 22.8 Å². The van der Waals surface area contributed by atoms with Crippen molar-refractivity contribution in [1.29, 1.82) is 0 Å². The molecule has 3 rings (SSSR count). The second-order valence-corrected chi connectivity index (χ2v) is 5.22. The van der Waals surface area contributed by atoms with E-state index >= 15 is 0 Å². The lowest BCUT2D eigenvalue weighted by Crippen LogP contribution is -2.32. The number of hydrogen-bond donors (Lipinski definition) is 1. The van der Waals surface area contributed by atoms with Crippen molar-refractivity contribution in [2.75, 3.05) is 19.6 Å². The molecule has 2 aromatic heterocycles. The van der Waals surface area contributed by atoms with E-state index < -0.39 is 0 Å². The van der Waals surface area contributed by atoms with Crippen LogP contribution < -0.4 is 5.73 Å². The summed E-state index contributed by atoms with van der Waals surface area (Å²) in [6.07, 6.45) is 4.28. The molecule has 0 aliphatic carbocycles. The smallest absolute Gasteiger partial charge is 0.155 e. The predicted octanol–water partition coefficient (Wildman–Crippen LogP) is 1.39. The van der Waals surface area contributed by atoms with Crippen molar-refractivity contribution in [3.63, 3.8) is 0 Å². The molecule has 1 aliphatic heterocycles. The predicted molar refractivity (Wildman–Crippen MR) is 75.0 cm³/mol. The van der Waals surface area contributed by atoms with Crippen LogP contribution in [0.5, 0.6) is 0 Å². The van der Waals surface area contributed by atoms with Crippen molar-refractivity contribution in [1.82, 2.24) is 19.5 Å². The Morgan fingerprint density at radius 1 is 1.37 bits per heavy atom. The molecule has 1 aliphatic rings. The molecular formula is C14H21N5. The molecule has 2 aromatic rings. The van der Waals surface area contributed by atoms with E-state index in [0.29, 0.717) is 12.5 Å². The molecule has 19 heavy (non-hydrogen) atoms. The number of aromatic nitrogens is 3. The number of rotatable bonds is 3. The lowest BCUT2D eigenvalue weighted by Gasteiger charge is -2.29. The molecule has 5 heteroatoms. The molecule has 0 radical (unpaired) electrons. The number of nitrogens with two attached hydrogens (primary N) is 1. The summed E-state index contributed by atoms with van der Waals surface area (Å²) >= 11 is 0. The lowest BCUT2D eigenvalue weighted by molar-refractivity contribution is 0.219. The van der Waals surface area contributed by atoms with Crippen LogP contribution in [0.15, 0.2) is 18.3 Å². The fourth-order valence-corrected chi connectivity index (χ4v) is 2.75. The van der Waals surface area contributed by atoms with Gasteiger partial charge in [0.05, 0.1) is 0 Å². The first kappa shape index (κ1) is 12.6. The minimum absolute atomic E-state index is 0.504. The Morgan fingerprint density at radius 2 is 2.16 bits per heavy atom. The maximum atomic E-state index is 5.66. The summed E-state index contributed by atoms with van der Waals surface area (Å²) in [5.41, 5.74) is 7.67. The highest BCUT2D eigenvalue weighted by Crippen LogP contribution is 2.25. The topological polar surface area (TPSA) is 59.5 Å². The summed E-state index contributed by atoms with van der Waals surface area (Å²) in [6.45, 7) is 6.23. The van der Waals surface area contributed by atoms with Crippen LogP contribution in [0.1, 0.15) is 37.1 Å². The van der Waals surface area contributed by atoms with Gasteiger partial charge in [-0.15, -0.1) is 0 Å². The highest BCUT2D eigenvalue weighted by atomic mass is 15.3. The van der Waals surface area contributed by atoms with Gasteiger partial charge in [0.15, 0.2) is 11.5 Å².